The number of amides is 1. The van der Waals surface area contributed by atoms with Crippen LogP contribution in [0, 0.1) is 11.3 Å². The van der Waals surface area contributed by atoms with Crippen LogP contribution in [0.15, 0.2) is 42.1 Å². The smallest absolute Gasteiger partial charge is 0.266 e. The molecule has 0 aliphatic carbocycles. The molecule has 1 saturated heterocycles. The minimum absolute atomic E-state index is 0.177. The van der Waals surface area contributed by atoms with E-state index in [-0.39, 0.29) is 17.5 Å². The summed E-state index contributed by atoms with van der Waals surface area (Å²) in [5, 5.41) is 9.40. The second-order valence-corrected chi connectivity index (χ2v) is 5.81. The molecule has 0 aromatic heterocycles. The minimum atomic E-state index is -0.213. The van der Waals surface area contributed by atoms with Gasteiger partial charge in [0.1, 0.15) is 11.6 Å². The molecule has 5 nitrogen and oxygen atoms in total. The normalized spacial score (nSPS) is 15.4. The zero-order chi connectivity index (χ0) is 16.7. The molecule has 1 fully saturated rings. The Morgan fingerprint density at radius 3 is 2.57 bits per heavy atom. The summed E-state index contributed by atoms with van der Waals surface area (Å²) in [6, 6.07) is 12.3. The second-order valence-electron chi connectivity index (χ2n) is 5.81. The van der Waals surface area contributed by atoms with Crippen LogP contribution in [0.3, 0.4) is 0 Å². The van der Waals surface area contributed by atoms with E-state index in [1.807, 2.05) is 49.1 Å². The Kier molecular flexibility index (Phi) is 6.19. The Hall–Kier alpha value is -2.32. The van der Waals surface area contributed by atoms with Gasteiger partial charge in [-0.15, -0.1) is 0 Å². The van der Waals surface area contributed by atoms with Gasteiger partial charge in [-0.1, -0.05) is 30.3 Å². The topological polar surface area (TPSA) is 56.6 Å². The number of ether oxygens (including phenoxy) is 1. The molecule has 0 atom stereocenters. The van der Waals surface area contributed by atoms with Crippen molar-refractivity contribution in [2.45, 2.75) is 26.4 Å². The lowest BCUT2D eigenvalue weighted by atomic mass is 10.1. The zero-order valence-corrected chi connectivity index (χ0v) is 13.7. The maximum absolute atomic E-state index is 12.5. The van der Waals surface area contributed by atoms with E-state index < -0.39 is 0 Å². The van der Waals surface area contributed by atoms with Crippen molar-refractivity contribution in [3.63, 3.8) is 0 Å². The summed E-state index contributed by atoms with van der Waals surface area (Å²) in [6.45, 7) is 6.91. The van der Waals surface area contributed by atoms with Gasteiger partial charge in [-0.05, 0) is 19.4 Å². The first-order chi connectivity index (χ1) is 11.1. The monoisotopic (exact) mass is 313 g/mol. The van der Waals surface area contributed by atoms with Gasteiger partial charge in [0.25, 0.3) is 5.91 Å². The highest BCUT2D eigenvalue weighted by molar-refractivity contribution is 5.97. The van der Waals surface area contributed by atoms with Crippen LogP contribution >= 0.6 is 0 Å². The van der Waals surface area contributed by atoms with Gasteiger partial charge in [0.2, 0.25) is 0 Å². The Morgan fingerprint density at radius 1 is 1.35 bits per heavy atom. The summed E-state index contributed by atoms with van der Waals surface area (Å²) in [6.07, 6.45) is 1.69. The highest BCUT2D eigenvalue weighted by atomic mass is 16.5. The molecule has 1 amide bonds. The number of carbonyl (C=O) groups excluding carboxylic acids is 1. The molecule has 0 saturated carbocycles. The average molecular weight is 313 g/mol. The van der Waals surface area contributed by atoms with Crippen molar-refractivity contribution < 1.29 is 9.53 Å². The Bertz CT molecular complexity index is 584. The number of nitrogens with zero attached hydrogens (tertiary/aromatic N) is 3. The van der Waals surface area contributed by atoms with E-state index in [1.54, 1.807) is 11.1 Å². The molecule has 5 heteroatoms. The predicted molar refractivity (Wildman–Crippen MR) is 88.2 cm³/mol. The lowest BCUT2D eigenvalue weighted by Crippen LogP contribution is -2.41. The third-order valence-corrected chi connectivity index (χ3v) is 3.82. The summed E-state index contributed by atoms with van der Waals surface area (Å²) >= 11 is 0. The number of carbonyl (C=O) groups is 1. The van der Waals surface area contributed by atoms with Gasteiger partial charge in [0.05, 0.1) is 13.2 Å². The van der Waals surface area contributed by atoms with E-state index in [4.69, 9.17) is 4.74 Å². The quantitative estimate of drug-likeness (QED) is 0.617. The van der Waals surface area contributed by atoms with Crippen molar-refractivity contribution in [1.82, 2.24) is 9.80 Å². The van der Waals surface area contributed by atoms with Crippen molar-refractivity contribution in [3.05, 3.63) is 47.7 Å². The van der Waals surface area contributed by atoms with Crippen molar-refractivity contribution in [2.24, 2.45) is 0 Å². The van der Waals surface area contributed by atoms with Crippen molar-refractivity contribution in [1.29, 1.82) is 5.26 Å². The van der Waals surface area contributed by atoms with E-state index in [0.29, 0.717) is 32.8 Å². The largest absolute Gasteiger partial charge is 0.378 e. The molecular weight excluding hydrogens is 290 g/mol. The molecule has 0 unspecified atom stereocenters. The van der Waals surface area contributed by atoms with Gasteiger partial charge in [-0.25, -0.2) is 0 Å². The third-order valence-electron chi connectivity index (χ3n) is 3.82. The number of hydrogen-bond donors (Lipinski definition) is 0. The standard InChI is InChI=1S/C18H23N3O2/c1-15(2)21(13-16-6-4-3-5-7-16)14-17(12-19)18(22)20-8-10-23-11-9-20/h3-7,14-15H,8-11,13H2,1-2H3/b17-14-. The summed E-state index contributed by atoms with van der Waals surface area (Å²) in [5.74, 6) is -0.213. The van der Waals surface area contributed by atoms with Gasteiger partial charge in [-0.3, -0.25) is 4.79 Å². The van der Waals surface area contributed by atoms with Crippen LogP contribution < -0.4 is 0 Å². The highest BCUT2D eigenvalue weighted by Gasteiger charge is 2.21. The molecule has 2 rings (SSSR count). The Balaban J connectivity index is 2.14. The molecule has 0 spiro atoms. The Morgan fingerprint density at radius 2 is 2.00 bits per heavy atom. The van der Waals surface area contributed by atoms with E-state index in [0.717, 1.165) is 5.56 Å². The molecular formula is C18H23N3O2. The molecule has 1 aromatic carbocycles. The maximum Gasteiger partial charge on any atom is 0.266 e. The lowest BCUT2D eigenvalue weighted by molar-refractivity contribution is -0.130. The predicted octanol–water partition coefficient (Wildman–Crippen LogP) is 2.16. The minimum Gasteiger partial charge on any atom is -0.378 e. The number of morpholine rings is 1. The molecule has 1 aromatic rings. The number of rotatable bonds is 5. The van der Waals surface area contributed by atoms with E-state index in [2.05, 4.69) is 6.07 Å². The van der Waals surface area contributed by atoms with Gasteiger partial charge < -0.3 is 14.5 Å². The summed E-state index contributed by atoms with van der Waals surface area (Å²) < 4.78 is 5.25. The first kappa shape index (κ1) is 17.0. The van der Waals surface area contributed by atoms with Crippen molar-refractivity contribution >= 4 is 5.91 Å². The molecule has 0 N–H and O–H groups in total. The molecule has 23 heavy (non-hydrogen) atoms. The SMILES string of the molecule is CC(C)N(/C=C(/C#N)C(=O)N1CCOCC1)Cc1ccccc1. The molecule has 1 aliphatic rings. The van der Waals surface area contributed by atoms with Crippen LogP contribution in [-0.4, -0.2) is 48.1 Å². The maximum atomic E-state index is 12.5. The van der Waals surface area contributed by atoms with Crippen LogP contribution in [-0.2, 0) is 16.1 Å². The van der Waals surface area contributed by atoms with E-state index in [1.165, 1.54) is 0 Å². The van der Waals surface area contributed by atoms with Gasteiger partial charge in [0, 0.05) is 31.9 Å². The molecule has 1 aliphatic heterocycles. The first-order valence-corrected chi connectivity index (χ1v) is 7.90. The number of benzene rings is 1. The molecule has 0 bridgehead atoms. The first-order valence-electron chi connectivity index (χ1n) is 7.90. The van der Waals surface area contributed by atoms with Crippen molar-refractivity contribution in [2.75, 3.05) is 26.3 Å². The fraction of sp³-hybridized carbons (Fsp3) is 0.444. The average Bonchev–Trinajstić information content (AvgIpc) is 2.59. The Labute approximate surface area is 137 Å². The number of nitriles is 1. The van der Waals surface area contributed by atoms with Crippen LogP contribution in [0.25, 0.3) is 0 Å². The van der Waals surface area contributed by atoms with E-state index in [9.17, 15) is 10.1 Å². The molecule has 1 heterocycles. The summed E-state index contributed by atoms with van der Waals surface area (Å²) in [4.78, 5) is 16.2. The van der Waals surface area contributed by atoms with E-state index >= 15 is 0 Å². The van der Waals surface area contributed by atoms with Crippen LogP contribution in [0.4, 0.5) is 0 Å². The van der Waals surface area contributed by atoms with Crippen LogP contribution in [0.5, 0.6) is 0 Å². The summed E-state index contributed by atoms with van der Waals surface area (Å²) in [7, 11) is 0. The fourth-order valence-electron chi connectivity index (χ4n) is 2.41. The number of hydrogen-bond acceptors (Lipinski definition) is 4. The third kappa shape index (κ3) is 4.83. The van der Waals surface area contributed by atoms with Crippen LogP contribution in [0.2, 0.25) is 0 Å². The van der Waals surface area contributed by atoms with Gasteiger partial charge in [0.15, 0.2) is 0 Å². The van der Waals surface area contributed by atoms with Crippen LogP contribution in [0.1, 0.15) is 19.4 Å². The molecule has 122 valence electrons. The van der Waals surface area contributed by atoms with Gasteiger partial charge >= 0.3 is 0 Å². The lowest BCUT2D eigenvalue weighted by Gasteiger charge is -2.28. The fourth-order valence-corrected chi connectivity index (χ4v) is 2.41. The zero-order valence-electron chi connectivity index (χ0n) is 13.7. The summed E-state index contributed by atoms with van der Waals surface area (Å²) in [5.41, 5.74) is 1.32. The van der Waals surface area contributed by atoms with Gasteiger partial charge in [-0.2, -0.15) is 5.26 Å². The van der Waals surface area contributed by atoms with Crippen molar-refractivity contribution in [3.8, 4) is 6.07 Å². The highest BCUT2D eigenvalue weighted by Crippen LogP contribution is 2.12. The molecule has 0 radical (unpaired) electrons. The second kappa shape index (κ2) is 8.35.